The van der Waals surface area contributed by atoms with E-state index in [0.29, 0.717) is 9.99 Å². The van der Waals surface area contributed by atoms with Gasteiger partial charge >= 0.3 is 11.8 Å². The third-order valence-electron chi connectivity index (χ3n) is 4.45. The van der Waals surface area contributed by atoms with Crippen LogP contribution >= 0.6 is 27.5 Å². The summed E-state index contributed by atoms with van der Waals surface area (Å²) >= 11 is 9.09. The largest absolute Gasteiger partial charge is 0.485 e. The highest BCUT2D eigenvalue weighted by molar-refractivity contribution is 9.10. The van der Waals surface area contributed by atoms with Crippen molar-refractivity contribution in [2.45, 2.75) is 39.3 Å². The molecule has 1 heterocycles. The van der Waals surface area contributed by atoms with E-state index >= 15 is 0 Å². The zero-order valence-corrected chi connectivity index (χ0v) is 21.5. The lowest BCUT2D eigenvalue weighted by molar-refractivity contribution is -0.385. The number of ether oxygens (including phenoxy) is 2. The molecule has 0 saturated heterocycles. The maximum Gasteiger partial charge on any atom is 0.407 e. The molecule has 13 heteroatoms. The van der Waals surface area contributed by atoms with E-state index in [1.807, 2.05) is 0 Å². The summed E-state index contributed by atoms with van der Waals surface area (Å²) in [7, 11) is 0. The molecule has 0 aliphatic heterocycles. The summed E-state index contributed by atoms with van der Waals surface area (Å²) < 4.78 is 25.7. The summed E-state index contributed by atoms with van der Waals surface area (Å²) in [6, 6.07) is 5.11. The lowest BCUT2D eigenvalue weighted by Crippen LogP contribution is -2.40. The number of hydrogen-bond donors (Lipinski definition) is 2. The minimum atomic E-state index is -0.714. The van der Waals surface area contributed by atoms with E-state index in [-0.39, 0.29) is 40.0 Å². The summed E-state index contributed by atoms with van der Waals surface area (Å²) in [6.45, 7) is 6.80. The summed E-state index contributed by atoms with van der Waals surface area (Å²) in [5.41, 5.74) is -0.672. The molecule has 0 radical (unpaired) electrons. The summed E-state index contributed by atoms with van der Waals surface area (Å²) in [5, 5.41) is 17.3. The van der Waals surface area contributed by atoms with Gasteiger partial charge in [0.1, 0.15) is 24.4 Å². The first-order valence-corrected chi connectivity index (χ1v) is 11.5. The Bertz CT molecular complexity index is 1290. The Labute approximate surface area is 213 Å². The van der Waals surface area contributed by atoms with Crippen molar-refractivity contribution < 1.29 is 23.6 Å². The van der Waals surface area contributed by atoms with Crippen molar-refractivity contribution in [3.05, 3.63) is 56.0 Å². The molecule has 3 aromatic rings. The number of benzene rings is 2. The Kier molecular flexibility index (Phi) is 7.96. The molecule has 0 bridgehead atoms. The predicted octanol–water partition coefficient (Wildman–Crippen LogP) is 6.13. The fraction of sp³-hybridized carbons (Fsp3) is 0.318. The van der Waals surface area contributed by atoms with E-state index in [1.54, 1.807) is 33.8 Å². The zero-order valence-electron chi connectivity index (χ0n) is 19.2. The molecule has 35 heavy (non-hydrogen) atoms. The normalized spacial score (nSPS) is 12.2. The molecule has 186 valence electrons. The quantitative estimate of drug-likeness (QED) is 0.197. The molecule has 3 rings (SSSR count). The molecule has 0 fully saturated rings. The van der Waals surface area contributed by atoms with Crippen molar-refractivity contribution in [3.8, 4) is 5.75 Å². The Morgan fingerprint density at radius 3 is 2.69 bits per heavy atom. The second kappa shape index (κ2) is 10.6. The molecule has 1 amide bonds. The van der Waals surface area contributed by atoms with Gasteiger partial charge in [0.15, 0.2) is 11.6 Å². The van der Waals surface area contributed by atoms with Gasteiger partial charge in [-0.1, -0.05) is 11.6 Å². The number of carbonyl (C=O) groups excluding carboxylic acids is 1. The molecular formula is C22H22BrClFN5O5. The van der Waals surface area contributed by atoms with Gasteiger partial charge in [-0.2, -0.15) is 0 Å². The first kappa shape index (κ1) is 26.4. The maximum absolute atomic E-state index is 14.5. The first-order valence-electron chi connectivity index (χ1n) is 10.3. The number of amides is 1. The number of nitrogens with one attached hydrogen (secondary N) is 2. The molecule has 0 saturated carbocycles. The van der Waals surface area contributed by atoms with Gasteiger partial charge in [0.05, 0.1) is 32.6 Å². The Morgan fingerprint density at radius 2 is 2.03 bits per heavy atom. The minimum Gasteiger partial charge on any atom is -0.485 e. The number of nitrogens with zero attached hydrogens (tertiary/aromatic N) is 3. The van der Waals surface area contributed by atoms with Crippen LogP contribution in [0, 0.1) is 15.9 Å². The second-order valence-electron chi connectivity index (χ2n) is 8.52. The van der Waals surface area contributed by atoms with Gasteiger partial charge < -0.3 is 20.1 Å². The van der Waals surface area contributed by atoms with Crippen LogP contribution in [0.1, 0.15) is 27.7 Å². The van der Waals surface area contributed by atoms with Crippen LogP contribution in [0.5, 0.6) is 5.75 Å². The van der Waals surface area contributed by atoms with Crippen LogP contribution in [0.2, 0.25) is 5.02 Å². The fourth-order valence-electron chi connectivity index (χ4n) is 2.95. The van der Waals surface area contributed by atoms with Crippen LogP contribution in [0.4, 0.5) is 26.4 Å². The van der Waals surface area contributed by atoms with Crippen LogP contribution < -0.4 is 15.4 Å². The number of anilines is 2. The summed E-state index contributed by atoms with van der Waals surface area (Å²) in [5.74, 6) is -0.626. The number of fused-ring (bicyclic) bond motifs is 1. The third kappa shape index (κ3) is 6.67. The van der Waals surface area contributed by atoms with Crippen molar-refractivity contribution >= 4 is 61.7 Å². The average molecular weight is 571 g/mol. The molecule has 0 aliphatic carbocycles. The van der Waals surface area contributed by atoms with Crippen molar-refractivity contribution in [1.29, 1.82) is 0 Å². The van der Waals surface area contributed by atoms with E-state index in [2.05, 4.69) is 36.5 Å². The zero-order chi connectivity index (χ0) is 25.9. The number of nitro groups is 1. The number of carbonyl (C=O) groups is 1. The predicted molar refractivity (Wildman–Crippen MR) is 133 cm³/mol. The van der Waals surface area contributed by atoms with Crippen molar-refractivity contribution in [3.63, 3.8) is 0 Å². The molecule has 10 nitrogen and oxygen atoms in total. The van der Waals surface area contributed by atoms with Gasteiger partial charge in [0.2, 0.25) is 0 Å². The number of rotatable bonds is 7. The standard InChI is InChI=1S/C22H22BrClFN5O5/c1-11(28-21(31)35-22(2,3)4)9-34-17-8-15-12(7-16(17)30(32)33)20(27-10-26-15)29-14-6-5-13(23)18(24)19(14)25/h5-8,10-11H,9H2,1-4H3,(H,28,31)(H,26,27,29)/t11-/m0/s1. The number of alkyl carbamates (subject to hydrolysis) is 1. The van der Waals surface area contributed by atoms with Crippen molar-refractivity contribution in [2.24, 2.45) is 0 Å². The third-order valence-corrected chi connectivity index (χ3v) is 5.71. The van der Waals surface area contributed by atoms with Crippen LogP contribution in [0.3, 0.4) is 0 Å². The maximum atomic E-state index is 14.5. The Morgan fingerprint density at radius 1 is 1.31 bits per heavy atom. The highest BCUT2D eigenvalue weighted by Crippen LogP contribution is 2.36. The highest BCUT2D eigenvalue weighted by Gasteiger charge is 2.22. The molecule has 1 atom stereocenters. The van der Waals surface area contributed by atoms with Crippen LogP contribution in [0.15, 0.2) is 35.1 Å². The van der Waals surface area contributed by atoms with E-state index in [4.69, 9.17) is 21.1 Å². The molecule has 2 N–H and O–H groups in total. The smallest absolute Gasteiger partial charge is 0.407 e. The molecular weight excluding hydrogens is 549 g/mol. The van der Waals surface area contributed by atoms with Gasteiger partial charge in [-0.15, -0.1) is 0 Å². The first-order chi connectivity index (χ1) is 16.4. The van der Waals surface area contributed by atoms with E-state index in [1.165, 1.54) is 24.5 Å². The number of halogens is 3. The SMILES string of the molecule is C[C@@H](COc1cc2ncnc(Nc3ccc(Br)c(Cl)c3F)c2cc1[N+](=O)[O-])NC(=O)OC(C)(C)C. The molecule has 2 aromatic carbocycles. The average Bonchev–Trinajstić information content (AvgIpc) is 2.76. The van der Waals surface area contributed by atoms with Gasteiger partial charge in [-0.25, -0.2) is 19.2 Å². The van der Waals surface area contributed by atoms with E-state index < -0.39 is 28.5 Å². The summed E-state index contributed by atoms with van der Waals surface area (Å²) in [6.07, 6.45) is 0.594. The topological polar surface area (TPSA) is 129 Å². The van der Waals surface area contributed by atoms with Crippen LogP contribution in [-0.4, -0.2) is 39.2 Å². The molecule has 0 unspecified atom stereocenters. The second-order valence-corrected chi connectivity index (χ2v) is 9.75. The molecule has 0 spiro atoms. The fourth-order valence-corrected chi connectivity index (χ4v) is 3.42. The number of aromatic nitrogens is 2. The van der Waals surface area contributed by atoms with Crippen molar-refractivity contribution in [1.82, 2.24) is 15.3 Å². The van der Waals surface area contributed by atoms with Gasteiger partial charge in [0, 0.05) is 16.6 Å². The van der Waals surface area contributed by atoms with Gasteiger partial charge in [-0.05, 0) is 55.8 Å². The number of nitro benzene ring substituents is 1. The van der Waals surface area contributed by atoms with Gasteiger partial charge in [-0.3, -0.25) is 10.1 Å². The summed E-state index contributed by atoms with van der Waals surface area (Å²) in [4.78, 5) is 31.3. The molecule has 1 aromatic heterocycles. The lowest BCUT2D eigenvalue weighted by Gasteiger charge is -2.22. The minimum absolute atomic E-state index is 0.0308. The van der Waals surface area contributed by atoms with Crippen LogP contribution in [-0.2, 0) is 4.74 Å². The highest BCUT2D eigenvalue weighted by atomic mass is 79.9. The van der Waals surface area contributed by atoms with Crippen molar-refractivity contribution in [2.75, 3.05) is 11.9 Å². The monoisotopic (exact) mass is 569 g/mol. The van der Waals surface area contributed by atoms with Gasteiger partial charge in [0.25, 0.3) is 0 Å². The molecule has 0 aliphatic rings. The van der Waals surface area contributed by atoms with E-state index in [9.17, 15) is 19.3 Å². The van der Waals surface area contributed by atoms with Crippen LogP contribution in [0.25, 0.3) is 10.9 Å². The van der Waals surface area contributed by atoms with E-state index in [0.717, 1.165) is 0 Å². The Hall–Kier alpha value is -3.25. The Balaban J connectivity index is 1.86. The lowest BCUT2D eigenvalue weighted by atomic mass is 10.2. The number of hydrogen-bond acceptors (Lipinski definition) is 8.